The summed E-state index contributed by atoms with van der Waals surface area (Å²) in [5, 5.41) is 11.0. The number of amides is 1. The molecular formula is C22H23N3O3. The Morgan fingerprint density at radius 1 is 1.32 bits per heavy atom. The molecule has 1 aromatic carbocycles. The van der Waals surface area contributed by atoms with Crippen molar-refractivity contribution in [2.45, 2.75) is 44.2 Å². The lowest BCUT2D eigenvalue weighted by Gasteiger charge is -2.31. The van der Waals surface area contributed by atoms with E-state index in [4.69, 9.17) is 10.5 Å². The van der Waals surface area contributed by atoms with Crippen LogP contribution in [-0.2, 0) is 6.54 Å². The highest BCUT2D eigenvalue weighted by molar-refractivity contribution is 5.91. The molecule has 5 rings (SSSR count). The molecule has 2 fully saturated rings. The van der Waals surface area contributed by atoms with Crippen LogP contribution in [-0.4, -0.2) is 32.8 Å². The van der Waals surface area contributed by atoms with Gasteiger partial charge in [0, 0.05) is 11.8 Å². The van der Waals surface area contributed by atoms with Gasteiger partial charge in [-0.25, -0.2) is 4.98 Å². The Balaban J connectivity index is 1.49. The van der Waals surface area contributed by atoms with Crippen LogP contribution in [0.1, 0.15) is 48.2 Å². The minimum absolute atomic E-state index is 0.242. The summed E-state index contributed by atoms with van der Waals surface area (Å²) in [6, 6.07) is 5.69. The van der Waals surface area contributed by atoms with Gasteiger partial charge in [-0.05, 0) is 49.3 Å². The quantitative estimate of drug-likeness (QED) is 0.747. The van der Waals surface area contributed by atoms with Crippen LogP contribution in [0.15, 0.2) is 24.4 Å². The number of nitrogens with two attached hydrogens (primary N) is 1. The van der Waals surface area contributed by atoms with Gasteiger partial charge in [0.15, 0.2) is 0 Å². The molecule has 0 radical (unpaired) electrons. The summed E-state index contributed by atoms with van der Waals surface area (Å²) >= 11 is 0. The summed E-state index contributed by atoms with van der Waals surface area (Å²) in [6.45, 7) is 1.08. The standard InChI is InChI=1S/C22H23N3O3/c23-20(26)18-13-25-7-8-28-19-4-3-14(10-17(19)21(25)24-18)5-6-22(27)11-15-1-2-16(9-15)12-22/h3-4,10,13,15-16,27H,1-2,7-9,11-12H2,(H2,23,26). The van der Waals surface area contributed by atoms with Gasteiger partial charge < -0.3 is 20.1 Å². The number of benzene rings is 1. The van der Waals surface area contributed by atoms with Crippen LogP contribution in [0.25, 0.3) is 11.4 Å². The number of ether oxygens (including phenoxy) is 1. The van der Waals surface area contributed by atoms with Crippen molar-refractivity contribution in [3.8, 4) is 29.0 Å². The van der Waals surface area contributed by atoms with Crippen LogP contribution >= 0.6 is 0 Å². The van der Waals surface area contributed by atoms with Gasteiger partial charge in [-0.2, -0.15) is 0 Å². The van der Waals surface area contributed by atoms with Crippen LogP contribution in [0.2, 0.25) is 0 Å². The third-order valence-electron chi connectivity index (χ3n) is 6.18. The number of hydrogen-bond acceptors (Lipinski definition) is 4. The largest absolute Gasteiger partial charge is 0.491 e. The zero-order chi connectivity index (χ0) is 19.3. The van der Waals surface area contributed by atoms with E-state index in [9.17, 15) is 9.90 Å². The van der Waals surface area contributed by atoms with E-state index in [1.807, 2.05) is 22.8 Å². The van der Waals surface area contributed by atoms with Crippen LogP contribution < -0.4 is 10.5 Å². The van der Waals surface area contributed by atoms with E-state index >= 15 is 0 Å². The molecule has 6 heteroatoms. The molecule has 2 bridgehead atoms. The average molecular weight is 377 g/mol. The van der Waals surface area contributed by atoms with E-state index in [1.165, 1.54) is 19.3 Å². The van der Waals surface area contributed by atoms with Crippen molar-refractivity contribution in [3.63, 3.8) is 0 Å². The van der Waals surface area contributed by atoms with E-state index in [0.717, 1.165) is 24.0 Å². The third-order valence-corrected chi connectivity index (χ3v) is 6.18. The highest BCUT2D eigenvalue weighted by Crippen LogP contribution is 2.46. The number of hydrogen-bond donors (Lipinski definition) is 2. The summed E-state index contributed by atoms with van der Waals surface area (Å²) in [5.74, 6) is 8.35. The van der Waals surface area contributed by atoms with Gasteiger partial charge in [0.05, 0.1) is 12.1 Å². The highest BCUT2D eigenvalue weighted by Gasteiger charge is 2.41. The van der Waals surface area contributed by atoms with Gasteiger partial charge in [0.25, 0.3) is 5.91 Å². The number of imidazole rings is 1. The van der Waals surface area contributed by atoms with Gasteiger partial charge >= 0.3 is 0 Å². The molecule has 0 spiro atoms. The van der Waals surface area contributed by atoms with Gasteiger partial charge in [0.1, 0.15) is 29.5 Å². The molecule has 1 aliphatic heterocycles. The number of aliphatic hydroxyl groups is 1. The maximum absolute atomic E-state index is 11.5. The van der Waals surface area contributed by atoms with Gasteiger partial charge in [-0.15, -0.1) is 0 Å². The van der Waals surface area contributed by atoms with E-state index in [0.29, 0.717) is 36.6 Å². The number of rotatable bonds is 1. The molecule has 2 aliphatic carbocycles. The van der Waals surface area contributed by atoms with E-state index in [1.54, 1.807) is 6.20 Å². The van der Waals surface area contributed by atoms with Gasteiger partial charge in [0.2, 0.25) is 0 Å². The summed E-state index contributed by atoms with van der Waals surface area (Å²) in [6.07, 6.45) is 6.89. The Hall–Kier alpha value is -2.78. The first-order valence-corrected chi connectivity index (χ1v) is 9.89. The van der Waals surface area contributed by atoms with E-state index < -0.39 is 11.5 Å². The molecule has 0 saturated heterocycles. The summed E-state index contributed by atoms with van der Waals surface area (Å²) in [5.41, 5.74) is 6.33. The van der Waals surface area contributed by atoms with Gasteiger partial charge in [-0.3, -0.25) is 4.79 Å². The molecule has 6 nitrogen and oxygen atoms in total. The van der Waals surface area contributed by atoms with Crippen LogP contribution in [0.3, 0.4) is 0 Å². The molecule has 144 valence electrons. The summed E-state index contributed by atoms with van der Waals surface area (Å²) in [7, 11) is 0. The molecule has 3 N–H and O–H groups in total. The topological polar surface area (TPSA) is 90.4 Å². The molecule has 3 aliphatic rings. The van der Waals surface area contributed by atoms with E-state index in [-0.39, 0.29) is 5.69 Å². The molecule has 2 unspecified atom stereocenters. The van der Waals surface area contributed by atoms with Crippen LogP contribution in [0.4, 0.5) is 0 Å². The summed E-state index contributed by atoms with van der Waals surface area (Å²) in [4.78, 5) is 15.9. The number of carbonyl (C=O) groups is 1. The Kier molecular flexibility index (Phi) is 3.95. The predicted octanol–water partition coefficient (Wildman–Crippen LogP) is 2.33. The Morgan fingerprint density at radius 2 is 2.11 bits per heavy atom. The number of nitrogens with zero attached hydrogens (tertiary/aromatic N) is 2. The number of primary amides is 1. The molecule has 2 atom stereocenters. The van der Waals surface area contributed by atoms with Crippen molar-refractivity contribution in [1.29, 1.82) is 0 Å². The van der Waals surface area contributed by atoms with Crippen molar-refractivity contribution in [2.75, 3.05) is 6.61 Å². The lowest BCUT2D eigenvalue weighted by atomic mass is 9.78. The zero-order valence-corrected chi connectivity index (χ0v) is 15.6. The third kappa shape index (κ3) is 3.06. The second-order valence-electron chi connectivity index (χ2n) is 8.30. The first-order chi connectivity index (χ1) is 13.5. The second-order valence-corrected chi connectivity index (χ2v) is 8.30. The van der Waals surface area contributed by atoms with Crippen molar-refractivity contribution in [3.05, 3.63) is 35.7 Å². The van der Waals surface area contributed by atoms with Gasteiger partial charge in [-0.1, -0.05) is 24.7 Å². The molecule has 2 heterocycles. The van der Waals surface area contributed by atoms with E-state index in [2.05, 4.69) is 16.8 Å². The second kappa shape index (κ2) is 6.39. The van der Waals surface area contributed by atoms with Crippen LogP contribution in [0.5, 0.6) is 5.75 Å². The lowest BCUT2D eigenvalue weighted by Crippen LogP contribution is -2.34. The normalized spacial score (nSPS) is 27.6. The fourth-order valence-corrected chi connectivity index (χ4v) is 4.96. The maximum Gasteiger partial charge on any atom is 0.268 e. The molecule has 1 aromatic heterocycles. The molecule has 2 aromatic rings. The fourth-order valence-electron chi connectivity index (χ4n) is 4.96. The minimum atomic E-state index is -0.884. The Bertz CT molecular complexity index is 1000. The molecule has 2 saturated carbocycles. The average Bonchev–Trinajstić information content (AvgIpc) is 3.20. The summed E-state index contributed by atoms with van der Waals surface area (Å²) < 4.78 is 7.71. The Labute approximate surface area is 163 Å². The fraction of sp³-hybridized carbons (Fsp3) is 0.455. The molecule has 28 heavy (non-hydrogen) atoms. The minimum Gasteiger partial charge on any atom is -0.491 e. The maximum atomic E-state index is 11.5. The SMILES string of the molecule is NC(=O)c1cn2c(n1)-c1cc(C#CC3(O)CC4CCC(C4)C3)ccc1OCC2. The molecule has 1 amide bonds. The van der Waals surface area contributed by atoms with Crippen LogP contribution in [0, 0.1) is 23.7 Å². The van der Waals surface area contributed by atoms with Crippen molar-refractivity contribution in [2.24, 2.45) is 17.6 Å². The number of aromatic nitrogens is 2. The smallest absolute Gasteiger partial charge is 0.268 e. The Morgan fingerprint density at radius 3 is 2.86 bits per heavy atom. The zero-order valence-electron chi connectivity index (χ0n) is 15.6. The number of carbonyl (C=O) groups excluding carboxylic acids is 1. The highest BCUT2D eigenvalue weighted by atomic mass is 16.5. The van der Waals surface area contributed by atoms with Crippen molar-refractivity contribution >= 4 is 5.91 Å². The molecular weight excluding hydrogens is 354 g/mol. The lowest BCUT2D eigenvalue weighted by molar-refractivity contribution is 0.0324. The predicted molar refractivity (Wildman–Crippen MR) is 104 cm³/mol. The van der Waals surface area contributed by atoms with Crippen molar-refractivity contribution < 1.29 is 14.6 Å². The monoisotopic (exact) mass is 377 g/mol. The first kappa shape index (κ1) is 17.3. The van der Waals surface area contributed by atoms with Crippen molar-refractivity contribution in [1.82, 2.24) is 9.55 Å². The first-order valence-electron chi connectivity index (χ1n) is 9.89. The number of fused-ring (bicyclic) bond motifs is 5.